The van der Waals surface area contributed by atoms with E-state index in [1.165, 1.54) is 16.2 Å². The first-order valence-corrected chi connectivity index (χ1v) is 5.16. The van der Waals surface area contributed by atoms with Gasteiger partial charge in [0.2, 0.25) is 0 Å². The molecule has 7 heteroatoms. The number of alkyl halides is 3. The van der Waals surface area contributed by atoms with Crippen LogP contribution in [0.2, 0.25) is 0 Å². The lowest BCUT2D eigenvalue weighted by Gasteiger charge is -2.16. The van der Waals surface area contributed by atoms with Crippen LogP contribution in [0.1, 0.15) is 11.3 Å². The van der Waals surface area contributed by atoms with Crippen LogP contribution in [-0.2, 0) is 6.54 Å². The average Bonchev–Trinajstić information content (AvgIpc) is 2.61. The summed E-state index contributed by atoms with van der Waals surface area (Å²) in [6.45, 7) is 0.284. The second-order valence-corrected chi connectivity index (χ2v) is 4.19. The Morgan fingerprint density at radius 3 is 2.67 bits per heavy atom. The summed E-state index contributed by atoms with van der Waals surface area (Å²) in [4.78, 5) is 6.33. The summed E-state index contributed by atoms with van der Waals surface area (Å²) in [6, 6.07) is 0. The Morgan fingerprint density at radius 1 is 1.53 bits per heavy atom. The first kappa shape index (κ1) is 12.3. The molecule has 0 saturated carbocycles. The number of anilines is 1. The summed E-state index contributed by atoms with van der Waals surface area (Å²) in [6.07, 6.45) is -3.37. The molecule has 0 saturated heterocycles. The van der Waals surface area contributed by atoms with E-state index in [4.69, 9.17) is 5.73 Å². The monoisotopic (exact) mass is 239 g/mol. The van der Waals surface area contributed by atoms with Crippen molar-refractivity contribution in [2.45, 2.75) is 19.1 Å². The molecule has 0 spiro atoms. The van der Waals surface area contributed by atoms with Crippen molar-refractivity contribution in [3.63, 3.8) is 0 Å². The van der Waals surface area contributed by atoms with E-state index in [0.717, 1.165) is 4.88 Å². The molecule has 0 radical (unpaired) electrons. The third kappa shape index (κ3) is 4.05. The van der Waals surface area contributed by atoms with E-state index in [0.29, 0.717) is 11.7 Å². The molecule has 1 rings (SSSR count). The molecule has 0 unspecified atom stereocenters. The van der Waals surface area contributed by atoms with Crippen molar-refractivity contribution in [3.8, 4) is 0 Å². The van der Waals surface area contributed by atoms with Crippen molar-refractivity contribution in [2.75, 3.05) is 18.5 Å². The molecule has 0 aliphatic carbocycles. The third-order valence-corrected chi connectivity index (χ3v) is 2.93. The smallest absolute Gasteiger partial charge is 0.351 e. The molecule has 1 aromatic rings. The summed E-state index contributed by atoms with van der Waals surface area (Å²) in [5.74, 6) is 0. The molecular formula is C8H12F3N3S. The molecule has 0 atom stereocenters. The molecule has 0 bridgehead atoms. The zero-order valence-electron chi connectivity index (χ0n) is 8.21. The number of thiazole rings is 1. The fourth-order valence-electron chi connectivity index (χ4n) is 0.958. The van der Waals surface area contributed by atoms with Gasteiger partial charge in [-0.25, -0.2) is 4.98 Å². The minimum absolute atomic E-state index is 0.0823. The number of nitrogens with zero attached hydrogens (tertiary/aromatic N) is 2. The van der Waals surface area contributed by atoms with Crippen LogP contribution in [-0.4, -0.2) is 24.8 Å². The lowest BCUT2D eigenvalue weighted by atomic mass is 10.4. The molecule has 1 aromatic heterocycles. The van der Waals surface area contributed by atoms with Gasteiger partial charge in [-0.1, -0.05) is 0 Å². The second kappa shape index (κ2) is 4.80. The summed E-state index contributed by atoms with van der Waals surface area (Å²) in [5.41, 5.74) is 5.38. The summed E-state index contributed by atoms with van der Waals surface area (Å²) >= 11 is 1.31. The highest BCUT2D eigenvalue weighted by Gasteiger charge is 2.27. The van der Waals surface area contributed by atoms with Gasteiger partial charge in [-0.2, -0.15) is 13.2 Å². The van der Waals surface area contributed by atoms with E-state index in [9.17, 15) is 13.2 Å². The topological polar surface area (TPSA) is 42.2 Å². The van der Waals surface area contributed by atoms with Crippen LogP contribution >= 0.6 is 11.3 Å². The van der Waals surface area contributed by atoms with Crippen LogP contribution in [0.5, 0.6) is 0 Å². The van der Waals surface area contributed by atoms with Gasteiger partial charge in [0.1, 0.15) is 0 Å². The Balaban J connectivity index is 2.50. The Labute approximate surface area is 89.7 Å². The van der Waals surface area contributed by atoms with Gasteiger partial charge in [0.25, 0.3) is 0 Å². The lowest BCUT2D eigenvalue weighted by Crippen LogP contribution is -2.23. The quantitative estimate of drug-likeness (QED) is 0.873. The van der Waals surface area contributed by atoms with Gasteiger partial charge in [-0.05, 0) is 0 Å². The molecule has 0 aromatic carbocycles. The fraction of sp³-hybridized carbons (Fsp3) is 0.625. The molecule has 2 N–H and O–H groups in total. The zero-order chi connectivity index (χ0) is 11.5. The molecule has 3 nitrogen and oxygen atoms in total. The van der Waals surface area contributed by atoms with Gasteiger partial charge in [0.05, 0.1) is 6.42 Å². The van der Waals surface area contributed by atoms with E-state index in [1.807, 2.05) is 0 Å². The molecule has 0 amide bonds. The van der Waals surface area contributed by atoms with E-state index >= 15 is 0 Å². The lowest BCUT2D eigenvalue weighted by molar-refractivity contribution is -0.132. The van der Waals surface area contributed by atoms with Gasteiger partial charge >= 0.3 is 6.18 Å². The molecule has 15 heavy (non-hydrogen) atoms. The maximum Gasteiger partial charge on any atom is 0.390 e. The van der Waals surface area contributed by atoms with Gasteiger partial charge < -0.3 is 10.6 Å². The van der Waals surface area contributed by atoms with Gasteiger partial charge in [-0.3, -0.25) is 0 Å². The van der Waals surface area contributed by atoms with Crippen molar-refractivity contribution < 1.29 is 13.2 Å². The van der Waals surface area contributed by atoms with Crippen LogP contribution in [0.3, 0.4) is 0 Å². The Bertz CT molecular complexity index is 310. The standard InChI is InChI=1S/C8H12F3N3S/c1-14(3-2-8(9,10)11)7-13-5-6(4-12)15-7/h5H,2-4,12H2,1H3. The van der Waals surface area contributed by atoms with Crippen LogP contribution in [0, 0.1) is 0 Å². The number of nitrogens with two attached hydrogens (primary N) is 1. The molecule has 86 valence electrons. The first-order valence-electron chi connectivity index (χ1n) is 4.35. The van der Waals surface area contributed by atoms with E-state index in [2.05, 4.69) is 4.98 Å². The van der Waals surface area contributed by atoms with Crippen molar-refractivity contribution in [1.29, 1.82) is 0 Å². The van der Waals surface area contributed by atoms with Crippen molar-refractivity contribution >= 4 is 16.5 Å². The van der Waals surface area contributed by atoms with Crippen molar-refractivity contribution in [2.24, 2.45) is 5.73 Å². The normalized spacial score (nSPS) is 11.8. The van der Waals surface area contributed by atoms with Crippen LogP contribution in [0.15, 0.2) is 6.20 Å². The van der Waals surface area contributed by atoms with Crippen LogP contribution < -0.4 is 10.6 Å². The van der Waals surface area contributed by atoms with E-state index in [1.54, 1.807) is 13.2 Å². The predicted octanol–water partition coefficient (Wildman–Crippen LogP) is 1.99. The van der Waals surface area contributed by atoms with E-state index in [-0.39, 0.29) is 6.54 Å². The fourth-order valence-corrected chi connectivity index (χ4v) is 1.73. The Morgan fingerprint density at radius 2 is 2.20 bits per heavy atom. The predicted molar refractivity (Wildman–Crippen MR) is 53.9 cm³/mol. The molecule has 1 heterocycles. The average molecular weight is 239 g/mol. The SMILES string of the molecule is CN(CCC(F)(F)F)c1ncc(CN)s1. The number of aromatic nitrogens is 1. The molecule has 0 aliphatic heterocycles. The largest absolute Gasteiger partial charge is 0.390 e. The van der Waals surface area contributed by atoms with Gasteiger partial charge in [0, 0.05) is 31.2 Å². The van der Waals surface area contributed by atoms with Crippen molar-refractivity contribution in [1.82, 2.24) is 4.98 Å². The summed E-state index contributed by atoms with van der Waals surface area (Å²) in [7, 11) is 1.59. The maximum absolute atomic E-state index is 11.9. The second-order valence-electron chi connectivity index (χ2n) is 3.10. The first-order chi connectivity index (χ1) is 6.92. The molecular weight excluding hydrogens is 227 g/mol. The third-order valence-electron chi connectivity index (χ3n) is 1.80. The zero-order valence-corrected chi connectivity index (χ0v) is 9.03. The van der Waals surface area contributed by atoms with Gasteiger partial charge in [-0.15, -0.1) is 11.3 Å². The number of hydrogen-bond donors (Lipinski definition) is 1. The number of halogens is 3. The minimum atomic E-state index is -4.12. The Kier molecular flexibility index (Phi) is 3.92. The van der Waals surface area contributed by atoms with Crippen LogP contribution in [0.4, 0.5) is 18.3 Å². The summed E-state index contributed by atoms with van der Waals surface area (Å²) < 4.78 is 35.8. The highest BCUT2D eigenvalue weighted by molar-refractivity contribution is 7.15. The maximum atomic E-state index is 11.9. The highest BCUT2D eigenvalue weighted by atomic mass is 32.1. The minimum Gasteiger partial charge on any atom is -0.351 e. The number of hydrogen-bond acceptors (Lipinski definition) is 4. The molecule has 0 fully saturated rings. The van der Waals surface area contributed by atoms with Crippen LogP contribution in [0.25, 0.3) is 0 Å². The van der Waals surface area contributed by atoms with E-state index < -0.39 is 12.6 Å². The highest BCUT2D eigenvalue weighted by Crippen LogP contribution is 2.24. The Hall–Kier alpha value is -0.820. The number of rotatable bonds is 4. The van der Waals surface area contributed by atoms with Gasteiger partial charge in [0.15, 0.2) is 5.13 Å². The molecule has 0 aliphatic rings. The summed E-state index contributed by atoms with van der Waals surface area (Å²) in [5, 5.41) is 0.569. The van der Waals surface area contributed by atoms with Crippen molar-refractivity contribution in [3.05, 3.63) is 11.1 Å².